The van der Waals surface area contributed by atoms with Crippen LogP contribution in [0, 0.1) is 0 Å². The van der Waals surface area contributed by atoms with Crippen LogP contribution in [0.4, 0.5) is 5.69 Å². The van der Waals surface area contributed by atoms with Gasteiger partial charge in [0.15, 0.2) is 0 Å². The molecule has 0 aliphatic carbocycles. The summed E-state index contributed by atoms with van der Waals surface area (Å²) < 4.78 is 0. The largest absolute Gasteiger partial charge is 0.381 e. The Labute approximate surface area is 108 Å². The van der Waals surface area contributed by atoms with Crippen molar-refractivity contribution in [2.45, 2.75) is 48.7 Å². The van der Waals surface area contributed by atoms with Crippen molar-refractivity contribution in [3.63, 3.8) is 0 Å². The maximum atomic E-state index is 3.74. The molecule has 0 spiro atoms. The molecule has 0 saturated carbocycles. The molecule has 1 aromatic rings. The van der Waals surface area contributed by atoms with E-state index in [-0.39, 0.29) is 0 Å². The van der Waals surface area contributed by atoms with E-state index in [1.165, 1.54) is 36.3 Å². The normalized spacial score (nSPS) is 31.5. The first kappa shape index (κ1) is 11.4. The van der Waals surface area contributed by atoms with Crippen LogP contribution in [0.2, 0.25) is 0 Å². The molecule has 0 amide bonds. The number of nitrogens with one attached hydrogen (secondary N) is 2. The van der Waals surface area contributed by atoms with Crippen molar-refractivity contribution in [2.75, 3.05) is 11.6 Å². The lowest BCUT2D eigenvalue weighted by Crippen LogP contribution is -2.43. The Morgan fingerprint density at radius 3 is 2.59 bits per heavy atom. The minimum Gasteiger partial charge on any atom is -0.381 e. The van der Waals surface area contributed by atoms with Crippen molar-refractivity contribution >= 4 is 17.4 Å². The van der Waals surface area contributed by atoms with Crippen molar-refractivity contribution in [1.29, 1.82) is 0 Å². The van der Waals surface area contributed by atoms with Crippen LogP contribution in [0.25, 0.3) is 0 Å². The van der Waals surface area contributed by atoms with Crippen LogP contribution in [-0.2, 0) is 0 Å². The van der Waals surface area contributed by atoms with E-state index >= 15 is 0 Å². The van der Waals surface area contributed by atoms with Gasteiger partial charge in [0.2, 0.25) is 0 Å². The minimum atomic E-state index is 0.655. The predicted molar refractivity (Wildman–Crippen MR) is 74.8 cm³/mol. The van der Waals surface area contributed by atoms with E-state index in [2.05, 4.69) is 41.2 Å². The first-order chi connectivity index (χ1) is 8.35. The zero-order chi connectivity index (χ0) is 11.7. The molecule has 1 aromatic carbocycles. The van der Waals surface area contributed by atoms with Crippen LogP contribution >= 0.6 is 11.8 Å². The lowest BCUT2D eigenvalue weighted by Gasteiger charge is -2.30. The molecule has 2 fully saturated rings. The molecule has 0 radical (unpaired) electrons. The number of piperidine rings is 1. The van der Waals surface area contributed by atoms with Gasteiger partial charge in [-0.2, -0.15) is 0 Å². The van der Waals surface area contributed by atoms with Gasteiger partial charge < -0.3 is 10.6 Å². The summed E-state index contributed by atoms with van der Waals surface area (Å²) in [6, 6.07) is 10.8. The second-order valence-corrected chi connectivity index (χ2v) is 6.00. The molecule has 2 aliphatic rings. The van der Waals surface area contributed by atoms with Crippen molar-refractivity contribution in [2.24, 2.45) is 0 Å². The second kappa shape index (κ2) is 4.91. The highest BCUT2D eigenvalue weighted by molar-refractivity contribution is 7.98. The first-order valence-electron chi connectivity index (χ1n) is 6.51. The molecule has 2 nitrogen and oxygen atoms in total. The van der Waals surface area contributed by atoms with E-state index < -0.39 is 0 Å². The SMILES string of the molecule is CSc1ccccc1NC1CC2CCC(C1)N2. The smallest absolute Gasteiger partial charge is 0.0480 e. The Bertz CT molecular complexity index is 382. The Hall–Kier alpha value is -0.670. The van der Waals surface area contributed by atoms with Gasteiger partial charge >= 0.3 is 0 Å². The van der Waals surface area contributed by atoms with Gasteiger partial charge in [-0.15, -0.1) is 11.8 Å². The Morgan fingerprint density at radius 1 is 1.18 bits per heavy atom. The highest BCUT2D eigenvalue weighted by Gasteiger charge is 2.33. The molecule has 17 heavy (non-hydrogen) atoms. The summed E-state index contributed by atoms with van der Waals surface area (Å²) >= 11 is 1.82. The number of benzene rings is 1. The van der Waals surface area contributed by atoms with E-state index in [1.807, 2.05) is 11.8 Å². The van der Waals surface area contributed by atoms with E-state index in [9.17, 15) is 0 Å². The van der Waals surface area contributed by atoms with Crippen LogP contribution < -0.4 is 10.6 Å². The van der Waals surface area contributed by atoms with Crippen LogP contribution in [0.15, 0.2) is 29.2 Å². The van der Waals surface area contributed by atoms with Gasteiger partial charge in [-0.05, 0) is 44.1 Å². The minimum absolute atomic E-state index is 0.655. The number of hydrogen-bond acceptors (Lipinski definition) is 3. The summed E-state index contributed by atoms with van der Waals surface area (Å²) in [6.45, 7) is 0. The maximum Gasteiger partial charge on any atom is 0.0480 e. The fourth-order valence-electron chi connectivity index (χ4n) is 3.16. The van der Waals surface area contributed by atoms with E-state index in [1.54, 1.807) is 0 Å². The predicted octanol–water partition coefficient (Wildman–Crippen LogP) is 3.10. The molecular weight excluding hydrogens is 228 g/mol. The van der Waals surface area contributed by atoms with Crippen LogP contribution in [-0.4, -0.2) is 24.4 Å². The summed E-state index contributed by atoms with van der Waals surface area (Å²) in [5.41, 5.74) is 1.31. The quantitative estimate of drug-likeness (QED) is 0.804. The van der Waals surface area contributed by atoms with Crippen molar-refractivity contribution < 1.29 is 0 Å². The van der Waals surface area contributed by atoms with Gasteiger partial charge in [-0.25, -0.2) is 0 Å². The van der Waals surface area contributed by atoms with E-state index in [0.717, 1.165) is 12.1 Å². The molecule has 2 saturated heterocycles. The topological polar surface area (TPSA) is 24.1 Å². The fourth-order valence-corrected chi connectivity index (χ4v) is 3.72. The number of anilines is 1. The average molecular weight is 248 g/mol. The maximum absolute atomic E-state index is 3.74. The third kappa shape index (κ3) is 2.45. The van der Waals surface area contributed by atoms with Gasteiger partial charge in [0.05, 0.1) is 0 Å². The number of para-hydroxylation sites is 1. The lowest BCUT2D eigenvalue weighted by molar-refractivity contribution is 0.378. The fraction of sp³-hybridized carbons (Fsp3) is 0.571. The Kier molecular flexibility index (Phi) is 3.30. The zero-order valence-corrected chi connectivity index (χ0v) is 11.1. The van der Waals surface area contributed by atoms with Crippen molar-refractivity contribution in [3.8, 4) is 0 Å². The standard InChI is InChI=1S/C14H20N2S/c1-17-14-5-3-2-4-13(14)16-12-8-10-6-7-11(9-12)15-10/h2-5,10-12,15-16H,6-9H2,1H3. The molecule has 2 unspecified atom stereocenters. The van der Waals surface area contributed by atoms with E-state index in [4.69, 9.17) is 0 Å². The first-order valence-corrected chi connectivity index (χ1v) is 7.73. The van der Waals surface area contributed by atoms with Gasteiger partial charge in [0.1, 0.15) is 0 Å². The van der Waals surface area contributed by atoms with Gasteiger partial charge in [0.25, 0.3) is 0 Å². The highest BCUT2D eigenvalue weighted by atomic mass is 32.2. The van der Waals surface area contributed by atoms with Crippen LogP contribution in [0.3, 0.4) is 0 Å². The molecule has 2 heterocycles. The Balaban J connectivity index is 1.70. The Morgan fingerprint density at radius 2 is 1.88 bits per heavy atom. The summed E-state index contributed by atoms with van der Waals surface area (Å²) in [5, 5.41) is 7.43. The number of fused-ring (bicyclic) bond motifs is 2. The molecule has 2 bridgehead atoms. The summed E-state index contributed by atoms with van der Waals surface area (Å²) in [7, 11) is 0. The lowest BCUT2D eigenvalue weighted by atomic mass is 9.99. The molecule has 2 atom stereocenters. The zero-order valence-electron chi connectivity index (χ0n) is 10.3. The summed E-state index contributed by atoms with van der Waals surface area (Å²) in [6.07, 6.45) is 7.44. The van der Waals surface area contributed by atoms with Crippen molar-refractivity contribution in [1.82, 2.24) is 5.32 Å². The molecular formula is C14H20N2S. The molecule has 92 valence electrons. The summed E-state index contributed by atoms with van der Waals surface area (Å²) in [5.74, 6) is 0. The van der Waals surface area contributed by atoms with Gasteiger partial charge in [-0.3, -0.25) is 0 Å². The second-order valence-electron chi connectivity index (χ2n) is 5.15. The van der Waals surface area contributed by atoms with Crippen LogP contribution in [0.5, 0.6) is 0 Å². The monoisotopic (exact) mass is 248 g/mol. The van der Waals surface area contributed by atoms with Gasteiger partial charge in [0, 0.05) is 28.7 Å². The third-order valence-electron chi connectivity index (χ3n) is 3.94. The van der Waals surface area contributed by atoms with Gasteiger partial charge in [-0.1, -0.05) is 12.1 Å². The average Bonchev–Trinajstić information content (AvgIpc) is 2.69. The number of rotatable bonds is 3. The molecule has 0 aromatic heterocycles. The third-order valence-corrected chi connectivity index (χ3v) is 4.74. The summed E-state index contributed by atoms with van der Waals surface area (Å²) in [4.78, 5) is 1.36. The van der Waals surface area contributed by atoms with Crippen LogP contribution in [0.1, 0.15) is 25.7 Å². The molecule has 2 N–H and O–H groups in total. The number of hydrogen-bond donors (Lipinski definition) is 2. The molecule has 2 aliphatic heterocycles. The van der Waals surface area contributed by atoms with E-state index in [0.29, 0.717) is 6.04 Å². The van der Waals surface area contributed by atoms with Crippen molar-refractivity contribution in [3.05, 3.63) is 24.3 Å². The molecule has 3 heteroatoms. The number of thioether (sulfide) groups is 1. The highest BCUT2D eigenvalue weighted by Crippen LogP contribution is 2.31. The molecule has 3 rings (SSSR count).